The molecule has 1 unspecified atom stereocenters. The van der Waals surface area contributed by atoms with Crippen LogP contribution in [0, 0.1) is 6.92 Å². The van der Waals surface area contributed by atoms with Gasteiger partial charge in [-0.25, -0.2) is 4.98 Å². The van der Waals surface area contributed by atoms with Crippen molar-refractivity contribution in [3.63, 3.8) is 0 Å². The number of aromatic nitrogens is 2. The van der Waals surface area contributed by atoms with Crippen LogP contribution in [0.3, 0.4) is 0 Å². The van der Waals surface area contributed by atoms with Gasteiger partial charge in [-0.15, -0.1) is 0 Å². The molecule has 5 heteroatoms. The third-order valence-electron chi connectivity index (χ3n) is 4.73. The zero-order chi connectivity index (χ0) is 19.0. The zero-order valence-electron chi connectivity index (χ0n) is 15.1. The Morgan fingerprint density at radius 2 is 1.85 bits per heavy atom. The second-order valence-electron chi connectivity index (χ2n) is 6.68. The molecule has 1 N–H and O–H groups in total. The van der Waals surface area contributed by atoms with Crippen LogP contribution in [0.4, 0.5) is 0 Å². The molecule has 1 amide bonds. The molecule has 0 radical (unpaired) electrons. The standard InChI is InChI=1S/C22H19N3O2/c1-14-10-11-20-23-12-19(22(27)25(20)13-14)21(26)24-15(2)17-9-5-7-16-6-3-4-8-18(16)17/h3-13,15H,1-2H3,(H,24,26). The van der Waals surface area contributed by atoms with E-state index >= 15 is 0 Å². The number of carbonyl (C=O) groups is 1. The van der Waals surface area contributed by atoms with Gasteiger partial charge in [0.2, 0.25) is 0 Å². The number of pyridine rings is 1. The van der Waals surface area contributed by atoms with Crippen molar-refractivity contribution in [2.24, 2.45) is 0 Å². The number of hydrogen-bond acceptors (Lipinski definition) is 3. The lowest BCUT2D eigenvalue weighted by Crippen LogP contribution is -2.33. The van der Waals surface area contributed by atoms with E-state index in [1.54, 1.807) is 12.3 Å². The third-order valence-corrected chi connectivity index (χ3v) is 4.73. The molecule has 1 atom stereocenters. The SMILES string of the molecule is Cc1ccc2ncc(C(=O)NC(C)c3cccc4ccccc34)c(=O)n2c1. The largest absolute Gasteiger partial charge is 0.345 e. The van der Waals surface area contributed by atoms with Crippen molar-refractivity contribution < 1.29 is 4.79 Å². The number of nitrogens with one attached hydrogen (secondary N) is 1. The van der Waals surface area contributed by atoms with Crippen LogP contribution in [-0.2, 0) is 0 Å². The maximum Gasteiger partial charge on any atom is 0.270 e. The number of hydrogen-bond donors (Lipinski definition) is 1. The fourth-order valence-electron chi connectivity index (χ4n) is 3.32. The van der Waals surface area contributed by atoms with Crippen LogP contribution < -0.4 is 10.9 Å². The number of nitrogens with zero attached hydrogens (tertiary/aromatic N) is 2. The summed E-state index contributed by atoms with van der Waals surface area (Å²) in [5, 5.41) is 5.12. The summed E-state index contributed by atoms with van der Waals surface area (Å²) in [7, 11) is 0. The topological polar surface area (TPSA) is 63.5 Å². The van der Waals surface area contributed by atoms with E-state index in [4.69, 9.17) is 0 Å². The molecule has 2 aromatic carbocycles. The lowest BCUT2D eigenvalue weighted by Gasteiger charge is -2.16. The molecule has 0 spiro atoms. The number of aryl methyl sites for hydroxylation is 1. The normalized spacial score (nSPS) is 12.2. The molecular formula is C22H19N3O2. The van der Waals surface area contributed by atoms with E-state index in [9.17, 15) is 9.59 Å². The van der Waals surface area contributed by atoms with Crippen LogP contribution in [0.15, 0.2) is 71.8 Å². The minimum Gasteiger partial charge on any atom is -0.345 e. The Morgan fingerprint density at radius 1 is 1.07 bits per heavy atom. The minimum atomic E-state index is -0.427. The number of rotatable bonds is 3. The van der Waals surface area contributed by atoms with Crippen LogP contribution in [0.5, 0.6) is 0 Å². The van der Waals surface area contributed by atoms with Crippen LogP contribution in [-0.4, -0.2) is 15.3 Å². The average molecular weight is 357 g/mol. The first-order valence-corrected chi connectivity index (χ1v) is 8.81. The predicted molar refractivity (Wildman–Crippen MR) is 106 cm³/mol. The zero-order valence-corrected chi connectivity index (χ0v) is 15.1. The number of amides is 1. The molecule has 0 bridgehead atoms. The summed E-state index contributed by atoms with van der Waals surface area (Å²) in [6.07, 6.45) is 3.04. The fourth-order valence-corrected chi connectivity index (χ4v) is 3.32. The first kappa shape index (κ1) is 17.0. The van der Waals surface area contributed by atoms with Gasteiger partial charge in [0.25, 0.3) is 11.5 Å². The van der Waals surface area contributed by atoms with E-state index in [1.165, 1.54) is 10.6 Å². The molecule has 0 saturated heterocycles. The highest BCUT2D eigenvalue weighted by Gasteiger charge is 2.17. The van der Waals surface area contributed by atoms with Gasteiger partial charge in [-0.1, -0.05) is 48.5 Å². The summed E-state index contributed by atoms with van der Waals surface area (Å²) in [6.45, 7) is 3.80. The van der Waals surface area contributed by atoms with E-state index in [2.05, 4.69) is 10.3 Å². The third kappa shape index (κ3) is 3.08. The smallest absolute Gasteiger partial charge is 0.270 e. The van der Waals surface area contributed by atoms with Gasteiger partial charge in [0, 0.05) is 12.4 Å². The van der Waals surface area contributed by atoms with Gasteiger partial charge in [0.05, 0.1) is 6.04 Å². The Hall–Kier alpha value is -3.47. The maximum atomic E-state index is 12.7. The van der Waals surface area contributed by atoms with E-state index < -0.39 is 5.91 Å². The molecule has 134 valence electrons. The van der Waals surface area contributed by atoms with Crippen molar-refractivity contribution in [1.29, 1.82) is 0 Å². The number of carbonyl (C=O) groups excluding carboxylic acids is 1. The first-order valence-electron chi connectivity index (χ1n) is 8.81. The molecule has 0 aliphatic heterocycles. The monoisotopic (exact) mass is 357 g/mol. The molecule has 0 aliphatic carbocycles. The Kier molecular flexibility index (Phi) is 4.20. The second kappa shape index (κ2) is 6.68. The van der Waals surface area contributed by atoms with Crippen molar-refractivity contribution in [2.45, 2.75) is 19.9 Å². The highest BCUT2D eigenvalue weighted by Crippen LogP contribution is 2.24. The summed E-state index contributed by atoms with van der Waals surface area (Å²) < 4.78 is 1.41. The van der Waals surface area contributed by atoms with Gasteiger partial charge < -0.3 is 5.32 Å². The van der Waals surface area contributed by atoms with Crippen LogP contribution in [0.1, 0.15) is 34.5 Å². The van der Waals surface area contributed by atoms with Gasteiger partial charge in [-0.2, -0.15) is 0 Å². The first-order chi connectivity index (χ1) is 13.0. The average Bonchev–Trinajstić information content (AvgIpc) is 2.68. The Morgan fingerprint density at radius 3 is 2.70 bits per heavy atom. The van der Waals surface area contributed by atoms with Gasteiger partial charge >= 0.3 is 0 Å². The summed E-state index contributed by atoms with van der Waals surface area (Å²) in [5.41, 5.74) is 2.11. The minimum absolute atomic E-state index is 0.0326. The summed E-state index contributed by atoms with van der Waals surface area (Å²) in [5.74, 6) is -0.427. The van der Waals surface area contributed by atoms with Crippen LogP contribution >= 0.6 is 0 Å². The number of benzene rings is 2. The van der Waals surface area contributed by atoms with E-state index in [0.717, 1.165) is 21.9 Å². The second-order valence-corrected chi connectivity index (χ2v) is 6.68. The fraction of sp³-hybridized carbons (Fsp3) is 0.136. The van der Waals surface area contributed by atoms with Crippen molar-refractivity contribution in [3.8, 4) is 0 Å². The maximum absolute atomic E-state index is 12.7. The predicted octanol–water partition coefficient (Wildman–Crippen LogP) is 3.65. The Balaban J connectivity index is 1.68. The van der Waals surface area contributed by atoms with Crippen molar-refractivity contribution in [1.82, 2.24) is 14.7 Å². The molecule has 0 saturated carbocycles. The Bertz CT molecular complexity index is 1220. The Labute approximate surface area is 156 Å². The molecule has 2 heterocycles. The highest BCUT2D eigenvalue weighted by atomic mass is 16.2. The van der Waals surface area contributed by atoms with Crippen LogP contribution in [0.2, 0.25) is 0 Å². The lowest BCUT2D eigenvalue weighted by atomic mass is 9.99. The molecule has 27 heavy (non-hydrogen) atoms. The van der Waals surface area contributed by atoms with Crippen molar-refractivity contribution >= 4 is 22.3 Å². The van der Waals surface area contributed by atoms with E-state index in [1.807, 2.05) is 62.4 Å². The molecular weight excluding hydrogens is 338 g/mol. The highest BCUT2D eigenvalue weighted by molar-refractivity contribution is 5.94. The van der Waals surface area contributed by atoms with Crippen LogP contribution in [0.25, 0.3) is 16.4 Å². The molecule has 4 rings (SSSR count). The molecule has 0 fully saturated rings. The van der Waals surface area contributed by atoms with Gasteiger partial charge in [-0.3, -0.25) is 14.0 Å². The molecule has 4 aromatic rings. The lowest BCUT2D eigenvalue weighted by molar-refractivity contribution is 0.0938. The van der Waals surface area contributed by atoms with Gasteiger partial charge in [-0.05, 0) is 41.8 Å². The molecule has 0 aliphatic rings. The summed E-state index contributed by atoms with van der Waals surface area (Å²) in [6, 6.07) is 17.4. The van der Waals surface area contributed by atoms with E-state index in [0.29, 0.717) is 5.65 Å². The quantitative estimate of drug-likeness (QED) is 0.609. The van der Waals surface area contributed by atoms with Crippen molar-refractivity contribution in [2.75, 3.05) is 0 Å². The number of fused-ring (bicyclic) bond motifs is 2. The van der Waals surface area contributed by atoms with Gasteiger partial charge in [0.15, 0.2) is 0 Å². The molecule has 5 nitrogen and oxygen atoms in total. The summed E-state index contributed by atoms with van der Waals surface area (Å²) in [4.78, 5) is 29.7. The van der Waals surface area contributed by atoms with Gasteiger partial charge in [0.1, 0.15) is 11.2 Å². The van der Waals surface area contributed by atoms with E-state index in [-0.39, 0.29) is 17.2 Å². The molecule has 2 aromatic heterocycles. The summed E-state index contributed by atoms with van der Waals surface area (Å²) >= 11 is 0. The van der Waals surface area contributed by atoms with Crippen molar-refractivity contribution in [3.05, 3.63) is 94.0 Å².